The van der Waals surface area contributed by atoms with Crippen molar-refractivity contribution in [3.8, 4) is 5.75 Å². The molecule has 3 nitrogen and oxygen atoms in total. The molecule has 0 heterocycles. The average molecular weight is 208 g/mol. The van der Waals surface area contributed by atoms with Crippen LogP contribution in [0.4, 0.5) is 0 Å². The molecule has 4 heteroatoms. The summed E-state index contributed by atoms with van der Waals surface area (Å²) in [6.45, 7) is 4.51. The molecule has 0 bridgehead atoms. The van der Waals surface area contributed by atoms with Crippen LogP contribution in [0.2, 0.25) is 0 Å². The highest BCUT2D eigenvalue weighted by Gasteiger charge is 2.03. The highest BCUT2D eigenvalue weighted by Crippen LogP contribution is 2.05. The molecule has 1 rings (SSSR count). The Morgan fingerprint density at radius 3 is 2.87 bits per heavy atom. The maximum absolute atomic E-state index is 5.49. The van der Waals surface area contributed by atoms with Gasteiger partial charge in [-0.3, -0.25) is 0 Å². The van der Waals surface area contributed by atoms with Gasteiger partial charge in [0.05, 0.1) is 7.11 Å². The molecule has 0 N–H and O–H groups in total. The third kappa shape index (κ3) is 4.36. The van der Waals surface area contributed by atoms with Gasteiger partial charge in [-0.25, -0.2) is 0 Å². The van der Waals surface area contributed by atoms with Crippen LogP contribution in [-0.4, -0.2) is 27.5 Å². The highest BCUT2D eigenvalue weighted by molar-refractivity contribution is 6.47. The summed E-state index contributed by atoms with van der Waals surface area (Å²) < 4.78 is 15.9. The Kier molecular flexibility index (Phi) is 5.22. The molecule has 0 saturated heterocycles. The van der Waals surface area contributed by atoms with Crippen LogP contribution in [0, 0.1) is 0 Å². The van der Waals surface area contributed by atoms with Crippen molar-refractivity contribution < 1.29 is 14.1 Å². The summed E-state index contributed by atoms with van der Waals surface area (Å²) >= 11 is 0. The molecular formula is C11H17BO3. The number of hydrogen-bond donors (Lipinski definition) is 0. The number of rotatable bonds is 6. The summed E-state index contributed by atoms with van der Waals surface area (Å²) in [6, 6.07) is 7.82. The Hall–Kier alpha value is -0.995. The predicted molar refractivity (Wildman–Crippen MR) is 62.0 cm³/mol. The predicted octanol–water partition coefficient (Wildman–Crippen LogP) is 1.07. The topological polar surface area (TPSA) is 27.7 Å². The molecule has 82 valence electrons. The lowest BCUT2D eigenvalue weighted by atomic mass is 9.88. The quantitative estimate of drug-likeness (QED) is 0.517. The zero-order valence-electron chi connectivity index (χ0n) is 9.53. The smallest absolute Gasteiger partial charge is 0.312 e. The van der Waals surface area contributed by atoms with Crippen molar-refractivity contribution in [2.45, 2.75) is 20.1 Å². The fourth-order valence-electron chi connectivity index (χ4n) is 1.26. The molecule has 0 aromatic heterocycles. The van der Waals surface area contributed by atoms with Gasteiger partial charge in [0.2, 0.25) is 0 Å². The first-order valence-electron chi connectivity index (χ1n) is 5.12. The summed E-state index contributed by atoms with van der Waals surface area (Å²) in [5.74, 6) is 0.847. The maximum Gasteiger partial charge on any atom is 0.312 e. The standard InChI is InChI=1S/C11H17BO3/c1-4-14-9(2)15-12-10-6-5-7-11(8-10)13-3/h5-9,12H,4H2,1-3H3. The SMILES string of the molecule is CCOC(C)OBc1cccc(OC)c1. The lowest BCUT2D eigenvalue weighted by molar-refractivity contribution is -0.0592. The van der Waals surface area contributed by atoms with Gasteiger partial charge in [-0.05, 0) is 31.4 Å². The average Bonchev–Trinajstić information content (AvgIpc) is 2.27. The summed E-state index contributed by atoms with van der Waals surface area (Å²) in [7, 11) is 2.20. The van der Waals surface area contributed by atoms with Crippen molar-refractivity contribution in [2.24, 2.45) is 0 Å². The van der Waals surface area contributed by atoms with Gasteiger partial charge in [-0.15, -0.1) is 0 Å². The Balaban J connectivity index is 2.43. The van der Waals surface area contributed by atoms with E-state index >= 15 is 0 Å². The zero-order chi connectivity index (χ0) is 11.1. The van der Waals surface area contributed by atoms with Crippen LogP contribution in [0.5, 0.6) is 5.75 Å². The molecule has 0 spiro atoms. The van der Waals surface area contributed by atoms with Crippen molar-refractivity contribution in [1.29, 1.82) is 0 Å². The van der Waals surface area contributed by atoms with Crippen molar-refractivity contribution in [3.63, 3.8) is 0 Å². The summed E-state index contributed by atoms with van der Waals surface area (Å²) in [6.07, 6.45) is -0.166. The van der Waals surface area contributed by atoms with E-state index in [0.717, 1.165) is 11.2 Å². The monoisotopic (exact) mass is 208 g/mol. The van der Waals surface area contributed by atoms with E-state index in [4.69, 9.17) is 14.1 Å². The number of ether oxygens (including phenoxy) is 2. The molecule has 0 amide bonds. The van der Waals surface area contributed by atoms with E-state index in [2.05, 4.69) is 0 Å². The first-order valence-corrected chi connectivity index (χ1v) is 5.12. The maximum atomic E-state index is 5.49. The minimum atomic E-state index is -0.166. The Morgan fingerprint density at radius 2 is 2.20 bits per heavy atom. The van der Waals surface area contributed by atoms with Gasteiger partial charge in [-0.2, -0.15) is 0 Å². The van der Waals surface area contributed by atoms with Crippen molar-refractivity contribution >= 4 is 12.9 Å². The lowest BCUT2D eigenvalue weighted by Gasteiger charge is -2.12. The van der Waals surface area contributed by atoms with Gasteiger partial charge < -0.3 is 14.1 Å². The molecule has 1 atom stereocenters. The van der Waals surface area contributed by atoms with Crippen molar-refractivity contribution in [2.75, 3.05) is 13.7 Å². The van der Waals surface area contributed by atoms with E-state index in [1.165, 1.54) is 0 Å². The number of methoxy groups -OCH3 is 1. The van der Waals surface area contributed by atoms with Crippen LogP contribution < -0.4 is 10.2 Å². The molecule has 0 aliphatic carbocycles. The fraction of sp³-hybridized carbons (Fsp3) is 0.455. The lowest BCUT2D eigenvalue weighted by Crippen LogP contribution is -2.24. The van der Waals surface area contributed by atoms with Crippen LogP contribution in [0.3, 0.4) is 0 Å². The van der Waals surface area contributed by atoms with E-state index in [0.29, 0.717) is 14.1 Å². The molecule has 1 aromatic rings. The Bertz CT molecular complexity index is 291. The van der Waals surface area contributed by atoms with Crippen LogP contribution in [0.25, 0.3) is 0 Å². The van der Waals surface area contributed by atoms with E-state index in [1.807, 2.05) is 38.1 Å². The van der Waals surface area contributed by atoms with Gasteiger partial charge >= 0.3 is 7.48 Å². The molecule has 1 unspecified atom stereocenters. The largest absolute Gasteiger partial charge is 0.497 e. The van der Waals surface area contributed by atoms with Gasteiger partial charge in [-0.1, -0.05) is 12.1 Å². The zero-order valence-corrected chi connectivity index (χ0v) is 9.53. The molecule has 0 radical (unpaired) electrons. The molecule has 0 aliphatic heterocycles. The molecule has 0 aliphatic rings. The Morgan fingerprint density at radius 1 is 1.40 bits per heavy atom. The van der Waals surface area contributed by atoms with Crippen molar-refractivity contribution in [3.05, 3.63) is 24.3 Å². The van der Waals surface area contributed by atoms with Crippen molar-refractivity contribution in [1.82, 2.24) is 0 Å². The summed E-state index contributed by atoms with van der Waals surface area (Å²) in [4.78, 5) is 0. The number of hydrogen-bond acceptors (Lipinski definition) is 3. The normalized spacial score (nSPS) is 12.2. The molecule has 0 saturated carbocycles. The van der Waals surface area contributed by atoms with Gasteiger partial charge in [0.15, 0.2) is 0 Å². The second-order valence-electron chi connectivity index (χ2n) is 3.19. The van der Waals surface area contributed by atoms with Gasteiger partial charge in [0, 0.05) is 6.61 Å². The summed E-state index contributed by atoms with van der Waals surface area (Å²) in [5.41, 5.74) is 1.08. The van der Waals surface area contributed by atoms with E-state index in [1.54, 1.807) is 7.11 Å². The van der Waals surface area contributed by atoms with E-state index in [-0.39, 0.29) is 6.29 Å². The third-order valence-corrected chi connectivity index (χ3v) is 2.02. The molecule has 15 heavy (non-hydrogen) atoms. The van der Waals surface area contributed by atoms with Crippen LogP contribution >= 0.6 is 0 Å². The van der Waals surface area contributed by atoms with Gasteiger partial charge in [0.1, 0.15) is 12.0 Å². The minimum absolute atomic E-state index is 0.166. The second kappa shape index (κ2) is 6.48. The molecular weight excluding hydrogens is 191 g/mol. The molecule has 1 aromatic carbocycles. The van der Waals surface area contributed by atoms with Gasteiger partial charge in [0.25, 0.3) is 0 Å². The minimum Gasteiger partial charge on any atom is -0.497 e. The first-order chi connectivity index (χ1) is 7.26. The summed E-state index contributed by atoms with van der Waals surface area (Å²) in [5, 5.41) is 0. The third-order valence-electron chi connectivity index (χ3n) is 2.02. The Labute approximate surface area is 91.6 Å². The van der Waals surface area contributed by atoms with Crippen LogP contribution in [-0.2, 0) is 9.39 Å². The van der Waals surface area contributed by atoms with E-state index < -0.39 is 0 Å². The van der Waals surface area contributed by atoms with Crippen LogP contribution in [0.1, 0.15) is 13.8 Å². The first kappa shape index (κ1) is 12.1. The van der Waals surface area contributed by atoms with Crippen LogP contribution in [0.15, 0.2) is 24.3 Å². The molecule has 0 fully saturated rings. The number of benzene rings is 1. The highest BCUT2D eigenvalue weighted by atomic mass is 16.7. The second-order valence-corrected chi connectivity index (χ2v) is 3.19. The van der Waals surface area contributed by atoms with E-state index in [9.17, 15) is 0 Å². The fourth-order valence-corrected chi connectivity index (χ4v) is 1.26.